The van der Waals surface area contributed by atoms with Gasteiger partial charge in [0.25, 0.3) is 5.91 Å². The lowest BCUT2D eigenvalue weighted by Gasteiger charge is -2.07. The molecule has 4 rings (SSSR count). The number of ether oxygens (including phenoxy) is 1. The van der Waals surface area contributed by atoms with Gasteiger partial charge in [0.1, 0.15) is 0 Å². The molecule has 6 heteroatoms. The summed E-state index contributed by atoms with van der Waals surface area (Å²) in [5.74, 6) is -0.945. The van der Waals surface area contributed by atoms with E-state index in [1.165, 1.54) is 11.3 Å². The predicted octanol–water partition coefficient (Wildman–Crippen LogP) is 5.89. The Morgan fingerprint density at radius 1 is 0.906 bits per heavy atom. The Hall–Kier alpha value is -3.77. The van der Waals surface area contributed by atoms with Crippen LogP contribution in [0.5, 0.6) is 0 Å². The summed E-state index contributed by atoms with van der Waals surface area (Å²) in [5.41, 5.74) is 6.35. The summed E-state index contributed by atoms with van der Waals surface area (Å²) in [4.78, 5) is 28.9. The van der Waals surface area contributed by atoms with E-state index in [-0.39, 0.29) is 6.61 Å². The van der Waals surface area contributed by atoms with Gasteiger partial charge in [-0.05, 0) is 36.6 Å². The zero-order valence-corrected chi connectivity index (χ0v) is 18.6. The molecule has 0 aliphatic carbocycles. The Morgan fingerprint density at radius 3 is 2.31 bits per heavy atom. The summed E-state index contributed by atoms with van der Waals surface area (Å²) in [5, 5.41) is 5.03. The number of esters is 1. The Labute approximate surface area is 190 Å². The minimum absolute atomic E-state index is 0.368. The fourth-order valence-electron chi connectivity index (χ4n) is 3.33. The molecule has 1 heterocycles. The largest absolute Gasteiger partial charge is 0.452 e. The number of nitrogens with zero attached hydrogens (tertiary/aromatic N) is 1. The third-order valence-electron chi connectivity index (χ3n) is 4.97. The average Bonchev–Trinajstić information content (AvgIpc) is 3.26. The molecule has 0 saturated heterocycles. The number of rotatable bonds is 6. The van der Waals surface area contributed by atoms with Crippen LogP contribution in [0, 0.1) is 13.8 Å². The van der Waals surface area contributed by atoms with Crippen LogP contribution in [-0.2, 0) is 9.53 Å². The minimum atomic E-state index is -0.518. The number of amides is 1. The molecule has 160 valence electrons. The van der Waals surface area contributed by atoms with Crippen LogP contribution in [0.3, 0.4) is 0 Å². The minimum Gasteiger partial charge on any atom is -0.452 e. The molecule has 5 nitrogen and oxygen atoms in total. The van der Waals surface area contributed by atoms with Crippen molar-refractivity contribution < 1.29 is 14.3 Å². The molecule has 32 heavy (non-hydrogen) atoms. The third kappa shape index (κ3) is 5.10. The molecule has 1 aromatic heterocycles. The van der Waals surface area contributed by atoms with Gasteiger partial charge in [0, 0.05) is 10.9 Å². The molecule has 1 amide bonds. The van der Waals surface area contributed by atoms with Crippen molar-refractivity contribution in [2.24, 2.45) is 0 Å². The molecule has 1 N–H and O–H groups in total. The standard InChI is InChI=1S/C26H22N2O3S/c1-17-8-13-22(18(2)14-17)25(30)31-15-24(29)28-26-27-23(16-32-26)21-11-9-20(10-12-21)19-6-4-3-5-7-19/h3-14,16H,15H2,1-2H3,(H,27,28,29). The maximum absolute atomic E-state index is 12.2. The number of carbonyl (C=O) groups excluding carboxylic acids is 2. The van der Waals surface area contributed by atoms with E-state index in [0.29, 0.717) is 10.7 Å². The zero-order chi connectivity index (χ0) is 22.5. The Kier molecular flexibility index (Phi) is 6.42. The summed E-state index contributed by atoms with van der Waals surface area (Å²) < 4.78 is 5.16. The van der Waals surface area contributed by atoms with Gasteiger partial charge in [-0.25, -0.2) is 9.78 Å². The van der Waals surface area contributed by atoms with Gasteiger partial charge < -0.3 is 4.74 Å². The smallest absolute Gasteiger partial charge is 0.338 e. The first kappa shape index (κ1) is 21.5. The summed E-state index contributed by atoms with van der Waals surface area (Å²) in [6.45, 7) is 3.43. The number of aryl methyl sites for hydroxylation is 2. The predicted molar refractivity (Wildman–Crippen MR) is 128 cm³/mol. The van der Waals surface area contributed by atoms with Gasteiger partial charge in [-0.15, -0.1) is 11.3 Å². The molecule has 0 aliphatic heterocycles. The Balaban J connectivity index is 1.34. The van der Waals surface area contributed by atoms with Crippen molar-refractivity contribution in [1.29, 1.82) is 0 Å². The third-order valence-corrected chi connectivity index (χ3v) is 5.73. The molecular formula is C26H22N2O3S. The molecule has 0 bridgehead atoms. The molecule has 0 saturated carbocycles. The lowest BCUT2D eigenvalue weighted by atomic mass is 10.0. The van der Waals surface area contributed by atoms with E-state index in [4.69, 9.17) is 4.74 Å². The molecule has 0 aliphatic rings. The van der Waals surface area contributed by atoms with E-state index in [9.17, 15) is 9.59 Å². The number of thiazole rings is 1. The van der Waals surface area contributed by atoms with Crippen LogP contribution >= 0.6 is 11.3 Å². The SMILES string of the molecule is Cc1ccc(C(=O)OCC(=O)Nc2nc(-c3ccc(-c4ccccc4)cc3)cs2)c(C)c1. The van der Waals surface area contributed by atoms with Crippen molar-refractivity contribution in [2.45, 2.75) is 13.8 Å². The van der Waals surface area contributed by atoms with Crippen LogP contribution in [0.2, 0.25) is 0 Å². The second-order valence-electron chi connectivity index (χ2n) is 7.42. The zero-order valence-electron chi connectivity index (χ0n) is 17.8. The number of anilines is 1. The Bertz CT molecular complexity index is 1250. The van der Waals surface area contributed by atoms with Gasteiger partial charge in [-0.1, -0.05) is 72.3 Å². The van der Waals surface area contributed by atoms with Gasteiger partial charge in [-0.3, -0.25) is 10.1 Å². The highest BCUT2D eigenvalue weighted by atomic mass is 32.1. The number of hydrogen-bond acceptors (Lipinski definition) is 5. The first-order valence-corrected chi connectivity index (χ1v) is 11.0. The number of nitrogens with one attached hydrogen (secondary N) is 1. The average molecular weight is 443 g/mol. The first-order chi connectivity index (χ1) is 15.5. The van der Waals surface area contributed by atoms with Crippen molar-refractivity contribution in [3.63, 3.8) is 0 Å². The van der Waals surface area contributed by atoms with Gasteiger partial charge in [0.2, 0.25) is 0 Å². The fourth-order valence-corrected chi connectivity index (χ4v) is 4.07. The number of carbonyl (C=O) groups is 2. The van der Waals surface area contributed by atoms with E-state index >= 15 is 0 Å². The number of hydrogen-bond donors (Lipinski definition) is 1. The molecular weight excluding hydrogens is 420 g/mol. The van der Waals surface area contributed by atoms with E-state index in [1.54, 1.807) is 6.07 Å². The van der Waals surface area contributed by atoms with Gasteiger partial charge in [-0.2, -0.15) is 0 Å². The highest BCUT2D eigenvalue weighted by Crippen LogP contribution is 2.27. The van der Waals surface area contributed by atoms with Crippen molar-refractivity contribution in [2.75, 3.05) is 11.9 Å². The quantitative estimate of drug-likeness (QED) is 0.378. The second-order valence-corrected chi connectivity index (χ2v) is 8.28. The monoisotopic (exact) mass is 442 g/mol. The van der Waals surface area contributed by atoms with Crippen LogP contribution in [-0.4, -0.2) is 23.5 Å². The highest BCUT2D eigenvalue weighted by molar-refractivity contribution is 7.14. The number of benzene rings is 3. The number of aromatic nitrogens is 1. The molecule has 4 aromatic rings. The summed E-state index contributed by atoms with van der Waals surface area (Å²) in [6, 6.07) is 23.7. The Morgan fingerprint density at radius 2 is 1.59 bits per heavy atom. The van der Waals surface area contributed by atoms with Gasteiger partial charge in [0.15, 0.2) is 11.7 Å². The van der Waals surface area contributed by atoms with Crippen LogP contribution in [0.1, 0.15) is 21.5 Å². The molecule has 3 aromatic carbocycles. The lowest BCUT2D eigenvalue weighted by Crippen LogP contribution is -2.21. The summed E-state index contributed by atoms with van der Waals surface area (Å²) >= 11 is 1.32. The molecule has 0 fully saturated rings. The van der Waals surface area contributed by atoms with Gasteiger partial charge >= 0.3 is 5.97 Å². The van der Waals surface area contributed by atoms with E-state index in [2.05, 4.69) is 34.6 Å². The van der Waals surface area contributed by atoms with Crippen LogP contribution < -0.4 is 5.32 Å². The van der Waals surface area contributed by atoms with Gasteiger partial charge in [0.05, 0.1) is 11.3 Å². The molecule has 0 spiro atoms. The molecule has 0 unspecified atom stereocenters. The summed E-state index contributed by atoms with van der Waals surface area (Å²) in [7, 11) is 0. The van der Waals surface area contributed by atoms with Crippen molar-refractivity contribution >= 4 is 28.3 Å². The summed E-state index contributed by atoms with van der Waals surface area (Å²) in [6.07, 6.45) is 0. The van der Waals surface area contributed by atoms with Crippen molar-refractivity contribution in [3.05, 3.63) is 94.9 Å². The lowest BCUT2D eigenvalue weighted by molar-refractivity contribution is -0.119. The fraction of sp³-hybridized carbons (Fsp3) is 0.115. The first-order valence-electron chi connectivity index (χ1n) is 10.2. The maximum Gasteiger partial charge on any atom is 0.338 e. The normalized spacial score (nSPS) is 10.6. The highest BCUT2D eigenvalue weighted by Gasteiger charge is 2.14. The van der Waals surface area contributed by atoms with Crippen LogP contribution in [0.4, 0.5) is 5.13 Å². The van der Waals surface area contributed by atoms with E-state index in [0.717, 1.165) is 33.5 Å². The van der Waals surface area contributed by atoms with E-state index in [1.807, 2.05) is 61.7 Å². The molecule has 0 radical (unpaired) electrons. The van der Waals surface area contributed by atoms with Crippen molar-refractivity contribution in [3.8, 4) is 22.4 Å². The van der Waals surface area contributed by atoms with E-state index < -0.39 is 11.9 Å². The topological polar surface area (TPSA) is 68.3 Å². The second kappa shape index (κ2) is 9.58. The van der Waals surface area contributed by atoms with Crippen LogP contribution in [0.15, 0.2) is 78.2 Å². The maximum atomic E-state index is 12.2. The van der Waals surface area contributed by atoms with Crippen LogP contribution in [0.25, 0.3) is 22.4 Å². The van der Waals surface area contributed by atoms with Crippen molar-refractivity contribution in [1.82, 2.24) is 4.98 Å². The molecule has 0 atom stereocenters.